The number of amidine groups is 1. The van der Waals surface area contributed by atoms with Gasteiger partial charge in [0, 0.05) is 22.8 Å². The van der Waals surface area contributed by atoms with E-state index >= 15 is 0 Å². The van der Waals surface area contributed by atoms with Crippen LogP contribution in [0.1, 0.15) is 23.6 Å². The van der Waals surface area contributed by atoms with E-state index in [1.807, 2.05) is 12.1 Å². The van der Waals surface area contributed by atoms with Gasteiger partial charge in [0.15, 0.2) is 5.17 Å². The molecule has 3 aromatic carbocycles. The average molecular weight is 409 g/mol. The molecule has 1 N–H and O–H groups in total. The maximum Gasteiger partial charge on any atom is 0.157 e. The van der Waals surface area contributed by atoms with Crippen LogP contribution < -0.4 is 5.32 Å². The summed E-state index contributed by atoms with van der Waals surface area (Å²) in [5, 5.41) is 7.24. The van der Waals surface area contributed by atoms with E-state index in [-0.39, 0.29) is 11.9 Å². The lowest BCUT2D eigenvalue weighted by Gasteiger charge is -2.19. The number of nitrogens with zero attached hydrogens (tertiary/aromatic N) is 1. The van der Waals surface area contributed by atoms with Gasteiger partial charge >= 0.3 is 0 Å². The van der Waals surface area contributed by atoms with Crippen molar-refractivity contribution in [3.05, 3.63) is 82.6 Å². The van der Waals surface area contributed by atoms with Gasteiger partial charge < -0.3 is 5.32 Å². The third-order valence-corrected chi connectivity index (χ3v) is 5.61. The molecule has 5 heteroatoms. The summed E-state index contributed by atoms with van der Waals surface area (Å²) in [6.07, 6.45) is 0.571. The Morgan fingerprint density at radius 1 is 1.14 bits per heavy atom. The Hall–Kier alpha value is -2.48. The number of rotatable bonds is 3. The summed E-state index contributed by atoms with van der Waals surface area (Å²) in [5.74, 6) is 6.85. The standard InChI is InChI=1S/C23H18ClFN2S/c24-18-13-16(14-19(25)15-18)5-3-10-22(27-23-26-11-12-28-23)21-9-4-7-17-6-1-2-8-20(17)21/h1-2,4,6-9,13-15,22H,10-12H2,(H,26,27). The summed E-state index contributed by atoms with van der Waals surface area (Å²) >= 11 is 7.66. The molecule has 0 aliphatic carbocycles. The van der Waals surface area contributed by atoms with Crippen molar-refractivity contribution in [3.63, 3.8) is 0 Å². The number of halogens is 2. The average Bonchev–Trinajstić information content (AvgIpc) is 3.19. The van der Waals surface area contributed by atoms with Crippen LogP contribution in [0.5, 0.6) is 0 Å². The van der Waals surface area contributed by atoms with Gasteiger partial charge in [-0.25, -0.2) is 4.39 Å². The normalized spacial score (nSPS) is 14.3. The Balaban J connectivity index is 1.65. The van der Waals surface area contributed by atoms with E-state index in [2.05, 4.69) is 52.5 Å². The Morgan fingerprint density at radius 3 is 2.82 bits per heavy atom. The molecule has 1 unspecified atom stereocenters. The van der Waals surface area contributed by atoms with Crippen LogP contribution in [0.2, 0.25) is 5.02 Å². The van der Waals surface area contributed by atoms with Gasteiger partial charge in [0.25, 0.3) is 0 Å². The van der Waals surface area contributed by atoms with Crippen molar-refractivity contribution < 1.29 is 4.39 Å². The van der Waals surface area contributed by atoms with Crippen molar-refractivity contribution in [3.8, 4) is 11.8 Å². The first-order valence-electron chi connectivity index (χ1n) is 9.05. The van der Waals surface area contributed by atoms with Gasteiger partial charge in [0.2, 0.25) is 0 Å². The van der Waals surface area contributed by atoms with Crippen LogP contribution in [-0.2, 0) is 0 Å². The molecule has 1 aliphatic heterocycles. The van der Waals surface area contributed by atoms with E-state index in [9.17, 15) is 4.39 Å². The number of hydrogen-bond donors (Lipinski definition) is 1. The topological polar surface area (TPSA) is 24.4 Å². The Labute approximate surface area is 173 Å². The summed E-state index contributed by atoms with van der Waals surface area (Å²) in [6.45, 7) is 0.836. The fourth-order valence-electron chi connectivity index (χ4n) is 3.25. The molecule has 0 radical (unpaired) electrons. The molecular formula is C23H18ClFN2S. The predicted molar refractivity (Wildman–Crippen MR) is 117 cm³/mol. The first-order valence-corrected chi connectivity index (χ1v) is 10.4. The van der Waals surface area contributed by atoms with Gasteiger partial charge in [-0.15, -0.1) is 0 Å². The molecule has 0 fully saturated rings. The SMILES string of the molecule is Fc1cc(Cl)cc(C#CCC(NC2=NCCS2)c2cccc3ccccc23)c1. The highest BCUT2D eigenvalue weighted by atomic mass is 35.5. The van der Waals surface area contributed by atoms with Crippen molar-refractivity contribution >= 4 is 39.3 Å². The molecule has 2 nitrogen and oxygen atoms in total. The van der Waals surface area contributed by atoms with Crippen LogP contribution in [0.25, 0.3) is 10.8 Å². The molecule has 140 valence electrons. The number of hydrogen-bond acceptors (Lipinski definition) is 3. The van der Waals surface area contributed by atoms with Gasteiger partial charge in [-0.2, -0.15) is 0 Å². The van der Waals surface area contributed by atoms with Crippen molar-refractivity contribution in [2.24, 2.45) is 4.99 Å². The van der Waals surface area contributed by atoms with E-state index in [4.69, 9.17) is 11.6 Å². The second-order valence-electron chi connectivity index (χ2n) is 6.46. The first-order chi connectivity index (χ1) is 13.7. The van der Waals surface area contributed by atoms with Crippen molar-refractivity contribution in [1.29, 1.82) is 0 Å². The van der Waals surface area contributed by atoms with Crippen LogP contribution in [0.4, 0.5) is 4.39 Å². The summed E-state index contributed by atoms with van der Waals surface area (Å²) in [5.41, 5.74) is 1.76. The molecule has 28 heavy (non-hydrogen) atoms. The van der Waals surface area contributed by atoms with E-state index in [0.717, 1.165) is 17.5 Å². The molecule has 0 bridgehead atoms. The highest BCUT2D eigenvalue weighted by molar-refractivity contribution is 8.14. The van der Waals surface area contributed by atoms with Gasteiger partial charge in [0.1, 0.15) is 5.82 Å². The Kier molecular flexibility index (Phi) is 5.85. The van der Waals surface area contributed by atoms with Crippen LogP contribution in [0.3, 0.4) is 0 Å². The number of fused-ring (bicyclic) bond motifs is 1. The molecule has 1 heterocycles. The largest absolute Gasteiger partial charge is 0.357 e. The minimum atomic E-state index is -0.378. The number of aliphatic imine (C=N–C) groups is 1. The van der Waals surface area contributed by atoms with Gasteiger partial charge in [0.05, 0.1) is 12.6 Å². The number of benzene rings is 3. The highest BCUT2D eigenvalue weighted by Gasteiger charge is 2.17. The van der Waals surface area contributed by atoms with Crippen LogP contribution in [0.15, 0.2) is 65.7 Å². The van der Waals surface area contributed by atoms with E-state index in [1.54, 1.807) is 17.8 Å². The Morgan fingerprint density at radius 2 is 2.00 bits per heavy atom. The molecule has 1 atom stereocenters. The minimum absolute atomic E-state index is 0.00742. The molecule has 1 aliphatic rings. The molecule has 0 aromatic heterocycles. The monoisotopic (exact) mass is 408 g/mol. The van der Waals surface area contributed by atoms with Crippen molar-refractivity contribution in [1.82, 2.24) is 5.32 Å². The van der Waals surface area contributed by atoms with Crippen LogP contribution in [-0.4, -0.2) is 17.5 Å². The molecule has 0 amide bonds. The second-order valence-corrected chi connectivity index (χ2v) is 7.98. The lowest BCUT2D eigenvalue weighted by atomic mass is 9.97. The quantitative estimate of drug-likeness (QED) is 0.553. The zero-order valence-corrected chi connectivity index (χ0v) is 16.7. The lowest BCUT2D eigenvalue weighted by molar-refractivity contribution is 0.627. The second kappa shape index (κ2) is 8.68. The minimum Gasteiger partial charge on any atom is -0.357 e. The third-order valence-electron chi connectivity index (χ3n) is 4.48. The van der Waals surface area contributed by atoms with Crippen molar-refractivity contribution in [2.75, 3.05) is 12.3 Å². The number of nitrogens with one attached hydrogen (secondary N) is 1. The van der Waals surface area contributed by atoms with E-state index in [0.29, 0.717) is 17.0 Å². The maximum atomic E-state index is 13.5. The summed E-state index contributed by atoms with van der Waals surface area (Å²) in [7, 11) is 0. The van der Waals surface area contributed by atoms with Gasteiger partial charge in [-0.05, 0) is 34.5 Å². The molecule has 4 rings (SSSR count). The van der Waals surface area contributed by atoms with Crippen LogP contribution >= 0.6 is 23.4 Å². The predicted octanol–water partition coefficient (Wildman–Crippen LogP) is 5.81. The molecule has 0 saturated carbocycles. The summed E-state index contributed by atoms with van der Waals surface area (Å²) in [6, 6.07) is 19.0. The molecule has 0 saturated heterocycles. The highest BCUT2D eigenvalue weighted by Crippen LogP contribution is 2.27. The fourth-order valence-corrected chi connectivity index (χ4v) is 4.25. The summed E-state index contributed by atoms with van der Waals surface area (Å²) < 4.78 is 13.5. The zero-order valence-electron chi connectivity index (χ0n) is 15.1. The molecule has 3 aromatic rings. The van der Waals surface area contributed by atoms with Crippen molar-refractivity contribution in [2.45, 2.75) is 12.5 Å². The van der Waals surface area contributed by atoms with Crippen LogP contribution in [0, 0.1) is 17.7 Å². The van der Waals surface area contributed by atoms with E-state index in [1.165, 1.54) is 28.5 Å². The maximum absolute atomic E-state index is 13.5. The first kappa shape index (κ1) is 18.9. The number of thioether (sulfide) groups is 1. The van der Waals surface area contributed by atoms with Gasteiger partial charge in [-0.1, -0.05) is 77.7 Å². The fraction of sp³-hybridized carbons (Fsp3) is 0.174. The Bertz CT molecular complexity index is 1070. The molecule has 0 spiro atoms. The molecular weight excluding hydrogens is 391 g/mol. The lowest BCUT2D eigenvalue weighted by Crippen LogP contribution is -2.25. The summed E-state index contributed by atoms with van der Waals surface area (Å²) in [4.78, 5) is 4.52. The smallest absolute Gasteiger partial charge is 0.157 e. The van der Waals surface area contributed by atoms with Gasteiger partial charge in [-0.3, -0.25) is 4.99 Å². The third kappa shape index (κ3) is 4.49. The van der Waals surface area contributed by atoms with E-state index < -0.39 is 0 Å². The zero-order chi connectivity index (χ0) is 19.3.